The van der Waals surface area contributed by atoms with Gasteiger partial charge in [0.15, 0.2) is 0 Å². The Morgan fingerprint density at radius 1 is 1.33 bits per heavy atom. The van der Waals surface area contributed by atoms with Crippen LogP contribution in [0.2, 0.25) is 6.32 Å². The molecule has 0 saturated carbocycles. The second-order valence-corrected chi connectivity index (χ2v) is 4.95. The summed E-state index contributed by atoms with van der Waals surface area (Å²) in [5.41, 5.74) is -0.700. The van der Waals surface area contributed by atoms with E-state index in [9.17, 15) is 9.59 Å². The van der Waals surface area contributed by atoms with E-state index in [1.54, 1.807) is 20.8 Å². The topological polar surface area (TPSA) is 116 Å². The van der Waals surface area contributed by atoms with E-state index in [1.165, 1.54) is 0 Å². The molecule has 0 rings (SSSR count). The molecule has 0 aromatic heterocycles. The van der Waals surface area contributed by atoms with Crippen LogP contribution in [0.25, 0.3) is 0 Å². The Kier molecular flexibility index (Phi) is 6.71. The van der Waals surface area contributed by atoms with Gasteiger partial charge in [-0.25, -0.2) is 9.59 Å². The third kappa shape index (κ3) is 8.83. The molecule has 0 radical (unpaired) electrons. The zero-order valence-electron chi connectivity index (χ0n) is 10.8. The summed E-state index contributed by atoms with van der Waals surface area (Å²) >= 11 is 0. The van der Waals surface area contributed by atoms with E-state index in [1.807, 2.05) is 0 Å². The average molecular weight is 261 g/mol. The summed E-state index contributed by atoms with van der Waals surface area (Å²) in [6, 6.07) is -1.10. The van der Waals surface area contributed by atoms with E-state index in [0.717, 1.165) is 0 Å². The van der Waals surface area contributed by atoms with Crippen LogP contribution in [-0.2, 0) is 9.53 Å². The van der Waals surface area contributed by atoms with Crippen LogP contribution in [0, 0.1) is 0 Å². The average Bonchev–Trinajstić information content (AvgIpc) is 2.12. The molecule has 104 valence electrons. The summed E-state index contributed by atoms with van der Waals surface area (Å²) in [7, 11) is -1.47. The van der Waals surface area contributed by atoms with Gasteiger partial charge in [0.2, 0.25) is 0 Å². The third-order valence-corrected chi connectivity index (χ3v) is 1.94. The molecule has 0 aromatic rings. The van der Waals surface area contributed by atoms with Gasteiger partial charge in [0.05, 0.1) is 0 Å². The molecular formula is C10H20BNO6. The Morgan fingerprint density at radius 2 is 1.89 bits per heavy atom. The van der Waals surface area contributed by atoms with Gasteiger partial charge in [0.25, 0.3) is 0 Å². The number of carbonyl (C=O) groups excluding carboxylic acids is 1. The number of nitrogens with one attached hydrogen (secondary N) is 1. The molecule has 0 aromatic carbocycles. The number of aliphatic carboxylic acids is 1. The minimum absolute atomic E-state index is 0.0553. The fraction of sp³-hybridized carbons (Fsp3) is 0.800. The van der Waals surface area contributed by atoms with Crippen molar-refractivity contribution in [1.82, 2.24) is 5.32 Å². The van der Waals surface area contributed by atoms with Gasteiger partial charge in [-0.1, -0.05) is 6.42 Å². The van der Waals surface area contributed by atoms with Crippen LogP contribution >= 0.6 is 0 Å². The maximum atomic E-state index is 11.4. The van der Waals surface area contributed by atoms with Crippen molar-refractivity contribution in [1.29, 1.82) is 0 Å². The van der Waals surface area contributed by atoms with Gasteiger partial charge in [0.1, 0.15) is 11.6 Å². The number of rotatable bonds is 6. The lowest BCUT2D eigenvalue weighted by Crippen LogP contribution is -2.43. The highest BCUT2D eigenvalue weighted by Crippen LogP contribution is 2.08. The highest BCUT2D eigenvalue weighted by atomic mass is 16.6. The Morgan fingerprint density at radius 3 is 2.28 bits per heavy atom. The number of carboxylic acid groups (broad SMARTS) is 1. The van der Waals surface area contributed by atoms with E-state index >= 15 is 0 Å². The number of hydrogen-bond acceptors (Lipinski definition) is 5. The number of hydrogen-bond donors (Lipinski definition) is 4. The van der Waals surface area contributed by atoms with Crippen molar-refractivity contribution in [3.8, 4) is 0 Å². The molecule has 8 heteroatoms. The van der Waals surface area contributed by atoms with Crippen molar-refractivity contribution in [2.75, 3.05) is 0 Å². The van der Waals surface area contributed by atoms with Gasteiger partial charge in [-0.05, 0) is 33.5 Å². The lowest BCUT2D eigenvalue weighted by atomic mass is 9.83. The van der Waals surface area contributed by atoms with Gasteiger partial charge < -0.3 is 25.2 Å². The summed E-state index contributed by atoms with van der Waals surface area (Å²) < 4.78 is 4.93. The molecule has 0 aliphatic carbocycles. The molecule has 18 heavy (non-hydrogen) atoms. The van der Waals surface area contributed by atoms with Gasteiger partial charge in [-0.15, -0.1) is 0 Å². The number of amides is 1. The van der Waals surface area contributed by atoms with E-state index in [-0.39, 0.29) is 19.2 Å². The molecule has 0 saturated heterocycles. The quantitative estimate of drug-likeness (QED) is 0.508. The number of alkyl carbamates (subject to hydrolysis) is 1. The van der Waals surface area contributed by atoms with E-state index in [4.69, 9.17) is 19.9 Å². The van der Waals surface area contributed by atoms with Crippen molar-refractivity contribution in [3.63, 3.8) is 0 Å². The standard InChI is InChI=1S/C10H20BNO6/c1-10(2,3)18-9(15)12-7(8(13)14)5-4-6-11(16)17/h7,16-17H,4-6H2,1-3H3,(H,12,15)(H,13,14). The van der Waals surface area contributed by atoms with Crippen molar-refractivity contribution in [2.24, 2.45) is 0 Å². The maximum Gasteiger partial charge on any atom is 0.451 e. The molecule has 1 atom stereocenters. The van der Waals surface area contributed by atoms with Crippen LogP contribution in [0.15, 0.2) is 0 Å². The van der Waals surface area contributed by atoms with Gasteiger partial charge in [-0.3, -0.25) is 0 Å². The molecule has 0 aliphatic heterocycles. The Balaban J connectivity index is 4.19. The molecule has 4 N–H and O–H groups in total. The summed E-state index contributed by atoms with van der Waals surface area (Å²) in [6.07, 6.45) is -0.379. The van der Waals surface area contributed by atoms with Crippen molar-refractivity contribution < 1.29 is 29.5 Å². The molecule has 0 fully saturated rings. The lowest BCUT2D eigenvalue weighted by Gasteiger charge is -2.21. The molecule has 0 aliphatic rings. The second kappa shape index (κ2) is 7.22. The fourth-order valence-electron chi connectivity index (χ4n) is 1.21. The lowest BCUT2D eigenvalue weighted by molar-refractivity contribution is -0.139. The number of carboxylic acids is 1. The summed E-state index contributed by atoms with van der Waals surface area (Å²) in [4.78, 5) is 22.3. The SMILES string of the molecule is CC(C)(C)OC(=O)NC(CCCB(O)O)C(=O)O. The van der Waals surface area contributed by atoms with Crippen LogP contribution in [0.4, 0.5) is 4.79 Å². The molecule has 7 nitrogen and oxygen atoms in total. The van der Waals surface area contributed by atoms with Crippen molar-refractivity contribution in [2.45, 2.75) is 51.6 Å². The zero-order valence-corrected chi connectivity index (χ0v) is 10.8. The van der Waals surface area contributed by atoms with Gasteiger partial charge in [-0.2, -0.15) is 0 Å². The van der Waals surface area contributed by atoms with Crippen LogP contribution in [-0.4, -0.2) is 46.0 Å². The second-order valence-electron chi connectivity index (χ2n) is 4.95. The Labute approximate surface area is 106 Å². The first-order chi connectivity index (χ1) is 8.11. The molecule has 1 amide bonds. The molecule has 1 unspecified atom stereocenters. The third-order valence-electron chi connectivity index (χ3n) is 1.94. The predicted molar refractivity (Wildman–Crippen MR) is 65.0 cm³/mol. The van der Waals surface area contributed by atoms with E-state index in [2.05, 4.69) is 5.32 Å². The largest absolute Gasteiger partial charge is 0.480 e. The van der Waals surface area contributed by atoms with Crippen LogP contribution in [0.5, 0.6) is 0 Å². The highest BCUT2D eigenvalue weighted by molar-refractivity contribution is 6.40. The first kappa shape index (κ1) is 16.7. The smallest absolute Gasteiger partial charge is 0.451 e. The number of ether oxygens (including phenoxy) is 1. The van der Waals surface area contributed by atoms with E-state index < -0.39 is 30.8 Å². The predicted octanol–water partition coefficient (Wildman–Crippen LogP) is 0.217. The minimum atomic E-state index is -1.47. The summed E-state index contributed by atoms with van der Waals surface area (Å²) in [6.45, 7) is 5.01. The van der Waals surface area contributed by atoms with Gasteiger partial charge >= 0.3 is 19.2 Å². The Bertz CT molecular complexity index is 289. The van der Waals surface area contributed by atoms with Crippen molar-refractivity contribution in [3.05, 3.63) is 0 Å². The highest BCUT2D eigenvalue weighted by Gasteiger charge is 2.24. The van der Waals surface area contributed by atoms with E-state index in [0.29, 0.717) is 0 Å². The van der Waals surface area contributed by atoms with Crippen LogP contribution in [0.1, 0.15) is 33.6 Å². The molecule has 0 bridgehead atoms. The molecule has 0 spiro atoms. The Hall–Kier alpha value is -1.28. The van der Waals surface area contributed by atoms with Crippen LogP contribution in [0.3, 0.4) is 0 Å². The molecular weight excluding hydrogens is 241 g/mol. The van der Waals surface area contributed by atoms with Crippen LogP contribution < -0.4 is 5.32 Å². The normalized spacial score (nSPS) is 12.7. The first-order valence-electron chi connectivity index (χ1n) is 5.70. The van der Waals surface area contributed by atoms with Gasteiger partial charge in [0, 0.05) is 0 Å². The fourth-order valence-corrected chi connectivity index (χ4v) is 1.21. The van der Waals surface area contributed by atoms with Crippen molar-refractivity contribution >= 4 is 19.2 Å². The first-order valence-corrected chi connectivity index (χ1v) is 5.70. The minimum Gasteiger partial charge on any atom is -0.480 e. The summed E-state index contributed by atoms with van der Waals surface area (Å²) in [5.74, 6) is -1.19. The monoisotopic (exact) mass is 261 g/mol. The molecule has 0 heterocycles. The summed E-state index contributed by atoms with van der Waals surface area (Å²) in [5, 5.41) is 28.4. The number of carbonyl (C=O) groups is 2. The maximum absolute atomic E-state index is 11.4. The zero-order chi connectivity index (χ0) is 14.3.